The van der Waals surface area contributed by atoms with Gasteiger partial charge in [-0.1, -0.05) is 26.7 Å². The van der Waals surface area contributed by atoms with Crippen LogP contribution >= 0.6 is 0 Å². The molecule has 1 N–H and O–H groups in total. The van der Waals surface area contributed by atoms with Gasteiger partial charge in [-0.2, -0.15) is 0 Å². The van der Waals surface area contributed by atoms with E-state index >= 15 is 0 Å². The number of carbonyl (C=O) groups excluding carboxylic acids is 1. The average Bonchev–Trinajstić information content (AvgIpc) is 2.27. The quantitative estimate of drug-likeness (QED) is 0.744. The topological polar surface area (TPSA) is 57.6 Å². The normalized spacial score (nSPS) is 30.1. The fraction of sp³-hybridized carbons (Fsp3) is 0.833. The van der Waals surface area contributed by atoms with Crippen LogP contribution in [0.4, 0.5) is 0 Å². The van der Waals surface area contributed by atoms with E-state index in [1.807, 2.05) is 13.8 Å². The van der Waals surface area contributed by atoms with Crippen LogP contribution in [-0.2, 0) is 9.59 Å². The van der Waals surface area contributed by atoms with Gasteiger partial charge in [0.25, 0.3) is 0 Å². The Bertz CT molecular complexity index is 277. The molecule has 1 amide bonds. The Labute approximate surface area is 96.6 Å². The van der Waals surface area contributed by atoms with Crippen molar-refractivity contribution in [3.8, 4) is 0 Å². The van der Waals surface area contributed by atoms with Crippen LogP contribution in [0.1, 0.15) is 39.5 Å². The molecule has 0 heterocycles. The lowest BCUT2D eigenvalue weighted by atomic mass is 9.67. The molecule has 0 aliphatic heterocycles. The molecule has 0 aromatic carbocycles. The second kappa shape index (κ2) is 4.85. The van der Waals surface area contributed by atoms with Crippen molar-refractivity contribution in [2.75, 3.05) is 7.05 Å². The molecule has 1 rings (SSSR count). The van der Waals surface area contributed by atoms with E-state index in [0.717, 1.165) is 19.3 Å². The molecule has 0 bridgehead atoms. The molecule has 0 radical (unpaired) electrons. The van der Waals surface area contributed by atoms with Gasteiger partial charge in [-0.3, -0.25) is 4.79 Å². The predicted octanol–water partition coefficient (Wildman–Crippen LogP) is 1.74. The van der Waals surface area contributed by atoms with Gasteiger partial charge in [0.15, 0.2) is 0 Å². The maximum absolute atomic E-state index is 11.6. The largest absolute Gasteiger partial charge is 0.479 e. The molecular formula is C12H21NO3. The first-order valence-corrected chi connectivity index (χ1v) is 5.88. The Hall–Kier alpha value is -1.06. The van der Waals surface area contributed by atoms with Gasteiger partial charge in [-0.25, -0.2) is 4.79 Å². The molecular weight excluding hydrogens is 206 g/mol. The number of hydrogen-bond donors (Lipinski definition) is 1. The van der Waals surface area contributed by atoms with Crippen molar-refractivity contribution < 1.29 is 14.7 Å². The van der Waals surface area contributed by atoms with Crippen LogP contribution < -0.4 is 0 Å². The Morgan fingerprint density at radius 1 is 1.50 bits per heavy atom. The number of carbonyl (C=O) groups is 2. The van der Waals surface area contributed by atoms with E-state index in [1.165, 1.54) is 4.90 Å². The maximum Gasteiger partial charge on any atom is 0.329 e. The van der Waals surface area contributed by atoms with Gasteiger partial charge < -0.3 is 10.0 Å². The molecule has 92 valence electrons. The zero-order chi connectivity index (χ0) is 12.3. The molecule has 4 nitrogen and oxygen atoms in total. The van der Waals surface area contributed by atoms with E-state index < -0.39 is 11.5 Å². The van der Waals surface area contributed by atoms with Crippen LogP contribution in [0, 0.1) is 11.8 Å². The zero-order valence-corrected chi connectivity index (χ0v) is 10.3. The third-order valence-electron chi connectivity index (χ3n) is 3.90. The average molecular weight is 227 g/mol. The van der Waals surface area contributed by atoms with Gasteiger partial charge in [-0.15, -0.1) is 0 Å². The Kier molecular flexibility index (Phi) is 3.94. The van der Waals surface area contributed by atoms with Crippen LogP contribution in [0.5, 0.6) is 0 Å². The minimum absolute atomic E-state index is 0.0500. The van der Waals surface area contributed by atoms with Crippen LogP contribution in [0.3, 0.4) is 0 Å². The van der Waals surface area contributed by atoms with Crippen LogP contribution in [0.25, 0.3) is 0 Å². The summed E-state index contributed by atoms with van der Waals surface area (Å²) in [6.07, 6.45) is 4.05. The summed E-state index contributed by atoms with van der Waals surface area (Å²) in [5.74, 6) is -0.534. The van der Waals surface area contributed by atoms with E-state index in [-0.39, 0.29) is 11.8 Å². The lowest BCUT2D eigenvalue weighted by Crippen LogP contribution is -2.60. The molecule has 1 aliphatic rings. The van der Waals surface area contributed by atoms with Crippen molar-refractivity contribution in [3.63, 3.8) is 0 Å². The van der Waals surface area contributed by atoms with Gasteiger partial charge in [0.05, 0.1) is 0 Å². The first-order valence-electron chi connectivity index (χ1n) is 5.88. The summed E-state index contributed by atoms with van der Waals surface area (Å²) < 4.78 is 0. The molecule has 4 heteroatoms. The molecule has 1 saturated carbocycles. The molecule has 16 heavy (non-hydrogen) atoms. The Morgan fingerprint density at radius 2 is 2.12 bits per heavy atom. The maximum atomic E-state index is 11.6. The summed E-state index contributed by atoms with van der Waals surface area (Å²) in [4.78, 5) is 23.9. The van der Waals surface area contributed by atoms with E-state index in [2.05, 4.69) is 0 Å². The predicted molar refractivity (Wildman–Crippen MR) is 61.0 cm³/mol. The van der Waals surface area contributed by atoms with E-state index in [4.69, 9.17) is 0 Å². The number of hydrogen-bond acceptors (Lipinski definition) is 2. The summed E-state index contributed by atoms with van der Waals surface area (Å²) in [7, 11) is 1.59. The molecule has 2 atom stereocenters. The van der Waals surface area contributed by atoms with Crippen LogP contribution in [0.15, 0.2) is 0 Å². The van der Waals surface area contributed by atoms with Crippen molar-refractivity contribution in [2.45, 2.75) is 45.1 Å². The number of carboxylic acids is 1. The molecule has 1 fully saturated rings. The second-order valence-corrected chi connectivity index (χ2v) is 5.04. The van der Waals surface area contributed by atoms with Crippen LogP contribution in [-0.4, -0.2) is 35.0 Å². The van der Waals surface area contributed by atoms with Crippen LogP contribution in [0.2, 0.25) is 0 Å². The number of carboxylic acid groups (broad SMARTS) is 1. The molecule has 0 saturated heterocycles. The van der Waals surface area contributed by atoms with Gasteiger partial charge >= 0.3 is 5.97 Å². The van der Waals surface area contributed by atoms with E-state index in [1.54, 1.807) is 7.05 Å². The highest BCUT2D eigenvalue weighted by Crippen LogP contribution is 2.41. The Balaban J connectivity index is 3.12. The van der Waals surface area contributed by atoms with Crippen molar-refractivity contribution in [3.05, 3.63) is 0 Å². The third kappa shape index (κ3) is 1.93. The lowest BCUT2D eigenvalue weighted by Gasteiger charge is -2.47. The summed E-state index contributed by atoms with van der Waals surface area (Å²) in [5, 5.41) is 9.51. The Morgan fingerprint density at radius 3 is 2.56 bits per heavy atom. The third-order valence-corrected chi connectivity index (χ3v) is 3.90. The fourth-order valence-corrected chi connectivity index (χ4v) is 3.02. The first kappa shape index (κ1) is 13.0. The lowest BCUT2D eigenvalue weighted by molar-refractivity contribution is -0.162. The molecule has 0 spiro atoms. The number of likely N-dealkylation sites (N-methyl/N-ethyl adjacent to an activating group) is 1. The van der Waals surface area contributed by atoms with Gasteiger partial charge in [0.2, 0.25) is 6.41 Å². The number of nitrogens with zero attached hydrogens (tertiary/aromatic N) is 1. The number of aliphatic carboxylic acids is 1. The fourth-order valence-electron chi connectivity index (χ4n) is 3.02. The highest BCUT2D eigenvalue weighted by Gasteiger charge is 2.51. The first-order chi connectivity index (χ1) is 7.46. The van der Waals surface area contributed by atoms with E-state index in [0.29, 0.717) is 12.8 Å². The second-order valence-electron chi connectivity index (χ2n) is 5.04. The monoisotopic (exact) mass is 227 g/mol. The summed E-state index contributed by atoms with van der Waals surface area (Å²) in [5.41, 5.74) is -0.992. The van der Waals surface area contributed by atoms with E-state index in [9.17, 15) is 14.7 Å². The molecule has 0 aromatic heterocycles. The highest BCUT2D eigenvalue weighted by atomic mass is 16.4. The molecule has 1 aliphatic carbocycles. The summed E-state index contributed by atoms with van der Waals surface area (Å²) >= 11 is 0. The summed E-state index contributed by atoms with van der Waals surface area (Å²) in [6, 6.07) is 0. The molecule has 2 unspecified atom stereocenters. The van der Waals surface area contributed by atoms with Crippen molar-refractivity contribution >= 4 is 12.4 Å². The van der Waals surface area contributed by atoms with Crippen molar-refractivity contribution in [2.24, 2.45) is 11.8 Å². The standard InChI is InChI=1S/C12H21NO3/c1-9(2)10-6-4-5-7-12(10,11(15)16)13(3)8-14/h8-10H,4-7H2,1-3H3,(H,15,16). The van der Waals surface area contributed by atoms with Gasteiger partial charge in [-0.05, 0) is 24.7 Å². The number of rotatable bonds is 4. The van der Waals surface area contributed by atoms with Crippen molar-refractivity contribution in [1.29, 1.82) is 0 Å². The SMILES string of the molecule is CC(C)C1CCCCC1(C(=O)O)N(C)C=O. The smallest absolute Gasteiger partial charge is 0.329 e. The summed E-state index contributed by atoms with van der Waals surface area (Å²) in [6.45, 7) is 4.07. The number of amides is 1. The molecule has 0 aromatic rings. The van der Waals surface area contributed by atoms with Gasteiger partial charge in [0, 0.05) is 7.05 Å². The minimum Gasteiger partial charge on any atom is -0.479 e. The zero-order valence-electron chi connectivity index (χ0n) is 10.3. The highest BCUT2D eigenvalue weighted by molar-refractivity contribution is 5.82. The van der Waals surface area contributed by atoms with Crippen molar-refractivity contribution in [1.82, 2.24) is 4.90 Å². The minimum atomic E-state index is -0.992. The van der Waals surface area contributed by atoms with Gasteiger partial charge in [0.1, 0.15) is 5.54 Å².